The predicted octanol–water partition coefficient (Wildman–Crippen LogP) is 3.66. The van der Waals surface area contributed by atoms with Crippen LogP contribution in [0.15, 0.2) is 12.1 Å². The van der Waals surface area contributed by atoms with Crippen LogP contribution >= 0.6 is 11.6 Å². The van der Waals surface area contributed by atoms with E-state index in [0.29, 0.717) is 17.6 Å². The molecule has 2 nitrogen and oxygen atoms in total. The number of nitrogens with two attached hydrogens (primary N) is 1. The summed E-state index contributed by atoms with van der Waals surface area (Å²) in [5.74, 6) is 0.226. The van der Waals surface area contributed by atoms with Crippen LogP contribution in [0.3, 0.4) is 0 Å². The summed E-state index contributed by atoms with van der Waals surface area (Å²) in [6.07, 6.45) is 3.81. The van der Waals surface area contributed by atoms with Crippen LogP contribution in [0.1, 0.15) is 26.2 Å². The highest BCUT2D eigenvalue weighted by Crippen LogP contribution is 2.33. The fraction of sp³-hybridized carbons (Fsp3) is 0.500. The molecule has 0 bridgehead atoms. The normalized spacial score (nSPS) is 17.9. The van der Waals surface area contributed by atoms with Gasteiger partial charge in [-0.3, -0.25) is 0 Å². The first-order chi connectivity index (χ1) is 7.58. The molecular weight excluding hydrogens is 227 g/mol. The fourth-order valence-electron chi connectivity index (χ4n) is 1.99. The van der Waals surface area contributed by atoms with Crippen molar-refractivity contribution in [1.29, 1.82) is 0 Å². The van der Waals surface area contributed by atoms with Crippen LogP contribution in [0.2, 0.25) is 5.02 Å². The van der Waals surface area contributed by atoms with Gasteiger partial charge in [-0.2, -0.15) is 0 Å². The van der Waals surface area contributed by atoms with E-state index in [1.54, 1.807) is 6.07 Å². The lowest BCUT2D eigenvalue weighted by atomic mass is 9.80. The van der Waals surface area contributed by atoms with Crippen LogP contribution in [0.5, 0.6) is 0 Å². The lowest BCUT2D eigenvalue weighted by molar-refractivity contribution is 0.285. The molecule has 0 amide bonds. The second kappa shape index (κ2) is 4.50. The number of rotatable bonds is 3. The van der Waals surface area contributed by atoms with Gasteiger partial charge in [0.25, 0.3) is 0 Å². The van der Waals surface area contributed by atoms with E-state index in [-0.39, 0.29) is 5.02 Å². The summed E-state index contributed by atoms with van der Waals surface area (Å²) in [7, 11) is 0. The minimum absolute atomic E-state index is 0.109. The van der Waals surface area contributed by atoms with Gasteiger partial charge in [0.2, 0.25) is 0 Å². The number of halogens is 2. The lowest BCUT2D eigenvalue weighted by Crippen LogP contribution is -2.31. The zero-order valence-corrected chi connectivity index (χ0v) is 10.0. The van der Waals surface area contributed by atoms with Crippen molar-refractivity contribution in [2.75, 3.05) is 11.1 Å². The van der Waals surface area contributed by atoms with Gasteiger partial charge < -0.3 is 11.1 Å². The SMILES string of the molecule is CC(Nc1cc(Cl)c(F)cc1N)C1CCC1. The molecule has 1 saturated carbocycles. The van der Waals surface area contributed by atoms with E-state index in [1.807, 2.05) is 0 Å². The summed E-state index contributed by atoms with van der Waals surface area (Å²) in [4.78, 5) is 0. The Bertz CT molecular complexity index is 391. The summed E-state index contributed by atoms with van der Waals surface area (Å²) in [6, 6.07) is 3.18. The van der Waals surface area contributed by atoms with Gasteiger partial charge in [0, 0.05) is 12.1 Å². The molecular formula is C12H16ClFN2. The quantitative estimate of drug-likeness (QED) is 0.794. The highest BCUT2D eigenvalue weighted by molar-refractivity contribution is 6.31. The van der Waals surface area contributed by atoms with Gasteiger partial charge in [0.1, 0.15) is 5.82 Å². The molecule has 1 aliphatic carbocycles. The highest BCUT2D eigenvalue weighted by atomic mass is 35.5. The molecule has 1 unspecified atom stereocenters. The minimum Gasteiger partial charge on any atom is -0.397 e. The third-order valence-electron chi connectivity index (χ3n) is 3.33. The van der Waals surface area contributed by atoms with Gasteiger partial charge in [0.05, 0.1) is 16.4 Å². The number of benzene rings is 1. The Kier molecular flexibility index (Phi) is 3.24. The molecule has 1 fully saturated rings. The molecule has 0 aliphatic heterocycles. The number of nitrogens with one attached hydrogen (secondary N) is 1. The summed E-state index contributed by atoms with van der Waals surface area (Å²) < 4.78 is 13.1. The summed E-state index contributed by atoms with van der Waals surface area (Å²) in [5.41, 5.74) is 6.87. The van der Waals surface area contributed by atoms with Crippen molar-refractivity contribution in [3.8, 4) is 0 Å². The standard InChI is InChI=1S/C12H16ClFN2/c1-7(8-3-2-4-8)16-12-5-9(13)10(14)6-11(12)15/h5-8,16H,2-4,15H2,1H3. The Labute approximate surface area is 100.0 Å². The number of hydrogen-bond acceptors (Lipinski definition) is 2. The van der Waals surface area contributed by atoms with Crippen molar-refractivity contribution < 1.29 is 4.39 Å². The Morgan fingerprint density at radius 3 is 2.75 bits per heavy atom. The molecule has 0 spiro atoms. The van der Waals surface area contributed by atoms with E-state index >= 15 is 0 Å². The zero-order chi connectivity index (χ0) is 11.7. The molecule has 0 heterocycles. The van der Waals surface area contributed by atoms with Gasteiger partial charge >= 0.3 is 0 Å². The van der Waals surface area contributed by atoms with Crippen molar-refractivity contribution in [3.05, 3.63) is 23.0 Å². The van der Waals surface area contributed by atoms with E-state index < -0.39 is 5.82 Å². The number of hydrogen-bond donors (Lipinski definition) is 2. The molecule has 0 radical (unpaired) electrons. The maximum Gasteiger partial charge on any atom is 0.143 e. The lowest BCUT2D eigenvalue weighted by Gasteiger charge is -2.32. The summed E-state index contributed by atoms with van der Waals surface area (Å²) >= 11 is 5.73. The van der Waals surface area contributed by atoms with Gasteiger partial charge in [-0.25, -0.2) is 4.39 Å². The van der Waals surface area contributed by atoms with Crippen molar-refractivity contribution >= 4 is 23.0 Å². The molecule has 1 atom stereocenters. The summed E-state index contributed by atoms with van der Waals surface area (Å²) in [6.45, 7) is 2.13. The Morgan fingerprint density at radius 1 is 1.50 bits per heavy atom. The highest BCUT2D eigenvalue weighted by Gasteiger charge is 2.24. The van der Waals surface area contributed by atoms with Crippen molar-refractivity contribution in [2.45, 2.75) is 32.2 Å². The largest absolute Gasteiger partial charge is 0.397 e. The van der Waals surface area contributed by atoms with Gasteiger partial charge in [-0.05, 0) is 31.7 Å². The van der Waals surface area contributed by atoms with Crippen LogP contribution in [0.4, 0.5) is 15.8 Å². The third-order valence-corrected chi connectivity index (χ3v) is 3.62. The maximum atomic E-state index is 13.1. The van der Waals surface area contributed by atoms with Crippen molar-refractivity contribution in [2.24, 2.45) is 5.92 Å². The van der Waals surface area contributed by atoms with Crippen molar-refractivity contribution in [3.63, 3.8) is 0 Å². The van der Waals surface area contributed by atoms with Gasteiger partial charge in [-0.1, -0.05) is 18.0 Å². The molecule has 1 aromatic carbocycles. The molecule has 88 valence electrons. The van der Waals surface area contributed by atoms with E-state index in [9.17, 15) is 4.39 Å². The van der Waals surface area contributed by atoms with Crippen LogP contribution in [-0.2, 0) is 0 Å². The number of nitrogen functional groups attached to an aromatic ring is 1. The van der Waals surface area contributed by atoms with Crippen LogP contribution in [0.25, 0.3) is 0 Å². The third kappa shape index (κ3) is 2.24. The molecule has 1 aromatic rings. The Morgan fingerprint density at radius 2 is 2.19 bits per heavy atom. The average molecular weight is 243 g/mol. The Balaban J connectivity index is 2.11. The molecule has 16 heavy (non-hydrogen) atoms. The second-order valence-corrected chi connectivity index (χ2v) is 4.88. The van der Waals surface area contributed by atoms with Crippen LogP contribution in [-0.4, -0.2) is 6.04 Å². The number of anilines is 2. The van der Waals surface area contributed by atoms with E-state index in [0.717, 1.165) is 5.69 Å². The average Bonchev–Trinajstić information content (AvgIpc) is 2.11. The molecule has 2 rings (SSSR count). The molecule has 0 aromatic heterocycles. The second-order valence-electron chi connectivity index (χ2n) is 4.48. The minimum atomic E-state index is -0.471. The molecule has 4 heteroatoms. The zero-order valence-electron chi connectivity index (χ0n) is 9.26. The van der Waals surface area contributed by atoms with Crippen LogP contribution < -0.4 is 11.1 Å². The first-order valence-electron chi connectivity index (χ1n) is 5.59. The van der Waals surface area contributed by atoms with E-state index in [1.165, 1.54) is 25.3 Å². The van der Waals surface area contributed by atoms with E-state index in [2.05, 4.69) is 12.2 Å². The smallest absolute Gasteiger partial charge is 0.143 e. The molecule has 1 aliphatic rings. The first kappa shape index (κ1) is 11.5. The van der Waals surface area contributed by atoms with Crippen molar-refractivity contribution in [1.82, 2.24) is 0 Å². The topological polar surface area (TPSA) is 38.0 Å². The summed E-state index contributed by atoms with van der Waals surface area (Å²) in [5, 5.41) is 3.41. The Hall–Kier alpha value is -0.960. The predicted molar refractivity (Wildman–Crippen MR) is 66.2 cm³/mol. The molecule has 0 saturated heterocycles. The monoisotopic (exact) mass is 242 g/mol. The first-order valence-corrected chi connectivity index (χ1v) is 5.97. The molecule has 3 N–H and O–H groups in total. The fourth-order valence-corrected chi connectivity index (χ4v) is 2.15. The van der Waals surface area contributed by atoms with Gasteiger partial charge in [-0.15, -0.1) is 0 Å². The van der Waals surface area contributed by atoms with Crippen LogP contribution in [0, 0.1) is 11.7 Å². The maximum absolute atomic E-state index is 13.1. The van der Waals surface area contributed by atoms with E-state index in [4.69, 9.17) is 17.3 Å². The van der Waals surface area contributed by atoms with Gasteiger partial charge in [0.15, 0.2) is 0 Å².